The average Bonchev–Trinajstić information content (AvgIpc) is 1.85. The molecule has 0 rings (SSSR count). The second-order valence-corrected chi connectivity index (χ2v) is 9.24. The molecule has 4 heteroatoms. The van der Waals surface area contributed by atoms with Gasteiger partial charge < -0.3 is 7.27 Å². The predicted octanol–water partition coefficient (Wildman–Crippen LogP) is 2.19. The lowest BCUT2D eigenvalue weighted by molar-refractivity contribution is 0.282. The van der Waals surface area contributed by atoms with Gasteiger partial charge in [0, 0.05) is 6.61 Å². The van der Waals surface area contributed by atoms with Crippen LogP contribution in [0.1, 0.15) is 19.8 Å². The van der Waals surface area contributed by atoms with Gasteiger partial charge in [-0.15, -0.1) is 0 Å². The van der Waals surface area contributed by atoms with Gasteiger partial charge >= 0.3 is 15.9 Å². The largest absolute Gasteiger partial charge is 0.656 e. The number of rotatable bonds is 6. The van der Waals surface area contributed by atoms with Crippen LogP contribution in [0, 0.1) is 0 Å². The highest BCUT2D eigenvalue weighted by molar-refractivity contribution is 6.73. The van der Waals surface area contributed by atoms with Gasteiger partial charge in [-0.2, -0.15) is 0 Å². The fraction of sp³-hybridized carbons (Fsp3) is 1.00. The van der Waals surface area contributed by atoms with Gasteiger partial charge in [-0.3, -0.25) is 0 Å². The summed E-state index contributed by atoms with van der Waals surface area (Å²) in [5, 5.41) is 0. The van der Waals surface area contributed by atoms with Gasteiger partial charge in [-0.05, 0) is 26.1 Å². The highest BCUT2D eigenvalue weighted by Gasteiger charge is 2.14. The first-order valence-corrected chi connectivity index (χ1v) is 8.52. The summed E-state index contributed by atoms with van der Waals surface area (Å²) >= 11 is -0.198. The Labute approximate surface area is 77.8 Å². The molecule has 0 spiro atoms. The normalized spacial score (nSPS) is 11.6. The number of hydrogen-bond donors (Lipinski definition) is 0. The Bertz CT molecular complexity index is 92.9. The van der Waals surface area contributed by atoms with Crippen LogP contribution in [-0.4, -0.2) is 30.8 Å². The maximum atomic E-state index is 5.58. The van der Waals surface area contributed by atoms with Crippen molar-refractivity contribution in [2.75, 3.05) is 6.61 Å². The monoisotopic (exact) mass is 189 g/mol. The van der Waals surface area contributed by atoms with E-state index < -0.39 is 8.32 Å². The molecular formula is C7H18AlO2Si. The van der Waals surface area contributed by atoms with Crippen LogP contribution in [0.4, 0.5) is 0 Å². The van der Waals surface area contributed by atoms with Crippen LogP contribution < -0.4 is 0 Å². The molecule has 0 saturated heterocycles. The lowest BCUT2D eigenvalue weighted by atomic mass is 10.4. The Kier molecular flexibility index (Phi) is 6.59. The molecule has 0 heterocycles. The molecule has 0 N–H and O–H groups in total. The van der Waals surface area contributed by atoms with Crippen molar-refractivity contribution in [1.29, 1.82) is 0 Å². The highest BCUT2D eigenvalue weighted by atomic mass is 28.4. The molecule has 0 fully saturated rings. The van der Waals surface area contributed by atoms with Crippen molar-refractivity contribution in [3.8, 4) is 0 Å². The molecule has 0 atom stereocenters. The maximum absolute atomic E-state index is 5.58. The zero-order valence-electron chi connectivity index (χ0n) is 8.02. The topological polar surface area (TPSA) is 18.5 Å². The Balaban J connectivity index is 3.02. The van der Waals surface area contributed by atoms with Crippen molar-refractivity contribution in [1.82, 2.24) is 0 Å². The van der Waals surface area contributed by atoms with Gasteiger partial charge in [0.05, 0.1) is 0 Å². The van der Waals surface area contributed by atoms with Crippen LogP contribution in [0.25, 0.3) is 0 Å². The number of unbranched alkanes of at least 4 members (excludes halogenated alkanes) is 1. The molecule has 0 unspecified atom stereocenters. The highest BCUT2D eigenvalue weighted by Crippen LogP contribution is 2.00. The Morgan fingerprint density at radius 3 is 2.36 bits per heavy atom. The third-order valence-corrected chi connectivity index (χ3v) is 4.67. The summed E-state index contributed by atoms with van der Waals surface area (Å²) in [5.41, 5.74) is 0. The quantitative estimate of drug-likeness (QED) is 0.471. The van der Waals surface area contributed by atoms with E-state index in [1.54, 1.807) is 0 Å². The molecular weight excluding hydrogens is 171 g/mol. The van der Waals surface area contributed by atoms with Crippen molar-refractivity contribution in [3.05, 3.63) is 0 Å². The SMILES string of the molecule is CCCC[O][Al][O][Si](C)(C)C. The summed E-state index contributed by atoms with van der Waals surface area (Å²) in [6.45, 7) is 9.59. The maximum Gasteiger partial charge on any atom is 0.656 e. The van der Waals surface area contributed by atoms with Crippen molar-refractivity contribution in [2.24, 2.45) is 0 Å². The lowest BCUT2D eigenvalue weighted by Crippen LogP contribution is -2.28. The van der Waals surface area contributed by atoms with E-state index in [1.807, 2.05) is 0 Å². The van der Waals surface area contributed by atoms with Crippen molar-refractivity contribution < 1.29 is 7.27 Å². The molecule has 0 aliphatic rings. The molecule has 0 aromatic rings. The molecule has 0 aliphatic carbocycles. The van der Waals surface area contributed by atoms with Gasteiger partial charge in [0.25, 0.3) is 0 Å². The van der Waals surface area contributed by atoms with E-state index in [4.69, 9.17) is 7.27 Å². The minimum Gasteiger partial charge on any atom is -0.528 e. The first-order valence-electron chi connectivity index (χ1n) is 4.17. The smallest absolute Gasteiger partial charge is 0.528 e. The Morgan fingerprint density at radius 2 is 1.91 bits per heavy atom. The average molecular weight is 189 g/mol. The van der Waals surface area contributed by atoms with E-state index in [-0.39, 0.29) is 15.9 Å². The second-order valence-electron chi connectivity index (χ2n) is 3.55. The van der Waals surface area contributed by atoms with Gasteiger partial charge in [-0.1, -0.05) is 13.3 Å². The third-order valence-electron chi connectivity index (χ3n) is 1.09. The Hall–Kier alpha value is 0.669. The fourth-order valence-corrected chi connectivity index (χ4v) is 2.14. The van der Waals surface area contributed by atoms with Gasteiger partial charge in [-0.25, -0.2) is 0 Å². The van der Waals surface area contributed by atoms with Crippen LogP contribution in [0.5, 0.6) is 0 Å². The molecule has 0 bridgehead atoms. The molecule has 0 saturated carbocycles. The molecule has 0 aromatic heterocycles. The van der Waals surface area contributed by atoms with E-state index >= 15 is 0 Å². The van der Waals surface area contributed by atoms with Gasteiger partial charge in [0.15, 0.2) is 8.32 Å². The van der Waals surface area contributed by atoms with Crippen molar-refractivity contribution in [2.45, 2.75) is 39.4 Å². The third kappa shape index (κ3) is 10.7. The van der Waals surface area contributed by atoms with Crippen LogP contribution >= 0.6 is 0 Å². The lowest BCUT2D eigenvalue weighted by Gasteiger charge is -2.17. The van der Waals surface area contributed by atoms with Crippen LogP contribution in [0.3, 0.4) is 0 Å². The zero-order chi connectivity index (χ0) is 8.74. The van der Waals surface area contributed by atoms with E-state index in [0.717, 1.165) is 13.0 Å². The fourth-order valence-electron chi connectivity index (χ4n) is 0.454. The van der Waals surface area contributed by atoms with E-state index in [0.29, 0.717) is 0 Å². The molecule has 0 aliphatic heterocycles. The summed E-state index contributed by atoms with van der Waals surface area (Å²) in [6.07, 6.45) is 2.36. The predicted molar refractivity (Wildman–Crippen MR) is 51.0 cm³/mol. The standard InChI is InChI=1S/C4H9O.C3H9OSi.Al/c1-2-3-4-5;1-5(2,3)4;/h2-4H2,1H3;1-3H3;/q2*-1;+2. The summed E-state index contributed by atoms with van der Waals surface area (Å²) in [7, 11) is -1.31. The van der Waals surface area contributed by atoms with Crippen molar-refractivity contribution >= 4 is 24.2 Å². The molecule has 0 amide bonds. The summed E-state index contributed by atoms with van der Waals surface area (Å²) in [4.78, 5) is 0. The number of hydrogen-bond acceptors (Lipinski definition) is 2. The minimum atomic E-state index is -1.31. The van der Waals surface area contributed by atoms with Crippen molar-refractivity contribution in [3.63, 3.8) is 0 Å². The minimum absolute atomic E-state index is 0.198. The van der Waals surface area contributed by atoms with E-state index in [1.165, 1.54) is 6.42 Å². The van der Waals surface area contributed by atoms with Crippen LogP contribution in [0.15, 0.2) is 0 Å². The van der Waals surface area contributed by atoms with Gasteiger partial charge in [0.2, 0.25) is 0 Å². The molecule has 1 radical (unpaired) electrons. The molecule has 65 valence electrons. The van der Waals surface area contributed by atoms with Crippen LogP contribution in [-0.2, 0) is 7.27 Å². The van der Waals surface area contributed by atoms with E-state index in [9.17, 15) is 0 Å². The molecule has 2 nitrogen and oxygen atoms in total. The Morgan fingerprint density at radius 1 is 1.27 bits per heavy atom. The first-order chi connectivity index (χ1) is 5.06. The molecule has 11 heavy (non-hydrogen) atoms. The van der Waals surface area contributed by atoms with E-state index in [2.05, 4.69) is 26.6 Å². The van der Waals surface area contributed by atoms with Crippen LogP contribution in [0.2, 0.25) is 19.6 Å². The van der Waals surface area contributed by atoms with Gasteiger partial charge in [0.1, 0.15) is 0 Å². The zero-order valence-corrected chi connectivity index (χ0v) is 10.2. The second kappa shape index (κ2) is 6.21. The summed E-state index contributed by atoms with van der Waals surface area (Å²) in [6, 6.07) is 0. The summed E-state index contributed by atoms with van der Waals surface area (Å²) < 4.78 is 10.9. The first kappa shape index (κ1) is 11.7. The summed E-state index contributed by atoms with van der Waals surface area (Å²) in [5.74, 6) is 0. The molecule has 0 aromatic carbocycles.